The van der Waals surface area contributed by atoms with Crippen molar-refractivity contribution in [2.75, 3.05) is 0 Å². The maximum atomic E-state index is 4.24. The summed E-state index contributed by atoms with van der Waals surface area (Å²) in [5, 5.41) is 10.9. The van der Waals surface area contributed by atoms with Gasteiger partial charge < -0.3 is 0 Å². The predicted molar refractivity (Wildman–Crippen MR) is 46.2 cm³/mol. The molecule has 5 heteroatoms. The Bertz CT molecular complexity index is 489. The van der Waals surface area contributed by atoms with E-state index in [2.05, 4.69) is 15.2 Å². The molecule has 0 unspecified atom stereocenters. The lowest BCUT2D eigenvalue weighted by molar-refractivity contribution is 1.08. The van der Waals surface area contributed by atoms with Gasteiger partial charge in [-0.1, -0.05) is 0 Å². The molecule has 0 aromatic carbocycles. The van der Waals surface area contributed by atoms with E-state index in [4.69, 9.17) is 0 Å². The molecule has 3 heterocycles. The quantitative estimate of drug-likeness (QED) is 0.519. The lowest BCUT2D eigenvalue weighted by atomic mass is 10.4. The number of thiophene rings is 1. The van der Waals surface area contributed by atoms with Crippen LogP contribution in [-0.4, -0.2) is 19.6 Å². The molecule has 0 saturated carbocycles. The van der Waals surface area contributed by atoms with Crippen molar-refractivity contribution >= 4 is 27.2 Å². The molecular weight excluding hydrogens is 172 g/mol. The average Bonchev–Trinajstić information content (AvgIpc) is 2.71. The summed E-state index contributed by atoms with van der Waals surface area (Å²) in [4.78, 5) is 5.25. The van der Waals surface area contributed by atoms with Gasteiger partial charge in [0.15, 0.2) is 5.65 Å². The van der Waals surface area contributed by atoms with Crippen LogP contribution < -0.4 is 0 Å². The molecule has 3 aromatic rings. The fourth-order valence-corrected chi connectivity index (χ4v) is 1.93. The van der Waals surface area contributed by atoms with Gasteiger partial charge in [0.05, 0.1) is 5.39 Å². The summed E-state index contributed by atoms with van der Waals surface area (Å²) in [5.41, 5.74) is 0.876. The molecule has 12 heavy (non-hydrogen) atoms. The fourth-order valence-electron chi connectivity index (χ4n) is 1.21. The van der Waals surface area contributed by atoms with Crippen LogP contribution in [0.3, 0.4) is 0 Å². The van der Waals surface area contributed by atoms with Gasteiger partial charge in [-0.25, -0.2) is 4.98 Å². The molecule has 0 atom stereocenters. The number of fused-ring (bicyclic) bond motifs is 3. The van der Waals surface area contributed by atoms with E-state index in [1.54, 1.807) is 24.0 Å². The zero-order valence-electron chi connectivity index (χ0n) is 6.01. The van der Waals surface area contributed by atoms with Crippen molar-refractivity contribution in [1.29, 1.82) is 0 Å². The highest BCUT2D eigenvalue weighted by molar-refractivity contribution is 7.16. The molecule has 0 aliphatic heterocycles. The van der Waals surface area contributed by atoms with Gasteiger partial charge in [-0.15, -0.1) is 21.5 Å². The van der Waals surface area contributed by atoms with Crippen molar-refractivity contribution in [3.63, 3.8) is 0 Å². The van der Waals surface area contributed by atoms with E-state index in [1.807, 2.05) is 15.8 Å². The smallest absolute Gasteiger partial charge is 0.172 e. The van der Waals surface area contributed by atoms with Crippen molar-refractivity contribution in [1.82, 2.24) is 19.6 Å². The monoisotopic (exact) mass is 176 g/mol. The summed E-state index contributed by atoms with van der Waals surface area (Å²) in [5.74, 6) is 0. The predicted octanol–water partition coefficient (Wildman–Crippen LogP) is 1.34. The van der Waals surface area contributed by atoms with E-state index in [1.165, 1.54) is 0 Å². The van der Waals surface area contributed by atoms with E-state index in [-0.39, 0.29) is 0 Å². The maximum Gasteiger partial charge on any atom is 0.172 e. The Labute approximate surface area is 71.5 Å². The standard InChI is InChI=1S/C7H4N4S/c1-2-12-7-5(1)6-10-9-4-11(6)3-8-7/h1-4H. The van der Waals surface area contributed by atoms with Gasteiger partial charge in [-0.2, -0.15) is 0 Å². The van der Waals surface area contributed by atoms with Crippen LogP contribution in [0.1, 0.15) is 0 Å². The number of nitrogens with zero attached hydrogens (tertiary/aromatic N) is 4. The number of aromatic nitrogens is 4. The first-order chi connectivity index (χ1) is 5.95. The molecule has 0 N–H and O–H groups in total. The third-order valence-corrected chi connectivity index (χ3v) is 2.58. The molecule has 0 radical (unpaired) electrons. The Morgan fingerprint density at radius 3 is 3.33 bits per heavy atom. The zero-order chi connectivity index (χ0) is 7.97. The van der Waals surface area contributed by atoms with Crippen LogP contribution >= 0.6 is 11.3 Å². The number of hydrogen-bond acceptors (Lipinski definition) is 4. The van der Waals surface area contributed by atoms with Crippen LogP contribution in [0, 0.1) is 0 Å². The molecule has 58 valence electrons. The van der Waals surface area contributed by atoms with Crippen molar-refractivity contribution in [2.45, 2.75) is 0 Å². The van der Waals surface area contributed by atoms with Crippen LogP contribution in [0.25, 0.3) is 15.9 Å². The summed E-state index contributed by atoms with van der Waals surface area (Å²) in [7, 11) is 0. The van der Waals surface area contributed by atoms with Crippen molar-refractivity contribution in [2.24, 2.45) is 0 Å². The molecule has 0 fully saturated rings. The third-order valence-electron chi connectivity index (χ3n) is 1.76. The molecule has 3 aromatic heterocycles. The fraction of sp³-hybridized carbons (Fsp3) is 0. The largest absolute Gasteiger partial charge is 0.271 e. The van der Waals surface area contributed by atoms with E-state index >= 15 is 0 Å². The van der Waals surface area contributed by atoms with Crippen molar-refractivity contribution < 1.29 is 0 Å². The van der Waals surface area contributed by atoms with Crippen LogP contribution in [0.15, 0.2) is 24.1 Å². The van der Waals surface area contributed by atoms with E-state index in [0.29, 0.717) is 0 Å². The zero-order valence-corrected chi connectivity index (χ0v) is 6.82. The SMILES string of the molecule is c1cc2c(ncn3cnnc23)s1. The third kappa shape index (κ3) is 0.634. The molecular formula is C7H4N4S. The molecule has 0 spiro atoms. The maximum absolute atomic E-state index is 4.24. The lowest BCUT2D eigenvalue weighted by Crippen LogP contribution is -1.84. The summed E-state index contributed by atoms with van der Waals surface area (Å²) in [6.07, 6.45) is 3.38. The van der Waals surface area contributed by atoms with Crippen LogP contribution in [0.2, 0.25) is 0 Å². The normalized spacial score (nSPS) is 11.3. The molecule has 3 rings (SSSR count). The molecule has 0 bridgehead atoms. The Morgan fingerprint density at radius 1 is 1.33 bits per heavy atom. The first-order valence-corrected chi connectivity index (χ1v) is 4.35. The lowest BCUT2D eigenvalue weighted by Gasteiger charge is -1.90. The molecule has 0 amide bonds. The highest BCUT2D eigenvalue weighted by Crippen LogP contribution is 2.20. The van der Waals surface area contributed by atoms with Crippen LogP contribution in [0.5, 0.6) is 0 Å². The number of hydrogen-bond donors (Lipinski definition) is 0. The Balaban J connectivity index is 2.71. The van der Waals surface area contributed by atoms with Gasteiger partial charge in [0.2, 0.25) is 0 Å². The second-order valence-electron chi connectivity index (χ2n) is 2.45. The van der Waals surface area contributed by atoms with Crippen molar-refractivity contribution in [3.8, 4) is 0 Å². The Kier molecular flexibility index (Phi) is 1.02. The second kappa shape index (κ2) is 2.01. The molecule has 0 aliphatic carbocycles. The minimum atomic E-state index is 0.876. The number of rotatable bonds is 0. The van der Waals surface area contributed by atoms with Gasteiger partial charge in [0, 0.05) is 0 Å². The summed E-state index contributed by atoms with van der Waals surface area (Å²) >= 11 is 1.61. The summed E-state index contributed by atoms with van der Waals surface area (Å²) in [6, 6.07) is 2.01. The topological polar surface area (TPSA) is 43.1 Å². The first-order valence-electron chi connectivity index (χ1n) is 3.47. The van der Waals surface area contributed by atoms with E-state index in [0.717, 1.165) is 15.9 Å². The minimum Gasteiger partial charge on any atom is -0.271 e. The molecule has 4 nitrogen and oxygen atoms in total. The summed E-state index contributed by atoms with van der Waals surface area (Å²) < 4.78 is 1.81. The van der Waals surface area contributed by atoms with Gasteiger partial charge >= 0.3 is 0 Å². The van der Waals surface area contributed by atoms with Crippen molar-refractivity contribution in [3.05, 3.63) is 24.1 Å². The molecule has 0 aliphatic rings. The first kappa shape index (κ1) is 6.07. The van der Waals surface area contributed by atoms with Crippen LogP contribution in [0.4, 0.5) is 0 Å². The van der Waals surface area contributed by atoms with Gasteiger partial charge in [0.25, 0.3) is 0 Å². The van der Waals surface area contributed by atoms with Gasteiger partial charge in [-0.3, -0.25) is 4.40 Å². The van der Waals surface area contributed by atoms with E-state index < -0.39 is 0 Å². The Morgan fingerprint density at radius 2 is 2.33 bits per heavy atom. The van der Waals surface area contributed by atoms with Crippen LogP contribution in [-0.2, 0) is 0 Å². The highest BCUT2D eigenvalue weighted by atomic mass is 32.1. The van der Waals surface area contributed by atoms with Gasteiger partial charge in [-0.05, 0) is 11.4 Å². The van der Waals surface area contributed by atoms with E-state index in [9.17, 15) is 0 Å². The second-order valence-corrected chi connectivity index (χ2v) is 3.34. The molecule has 0 saturated heterocycles. The highest BCUT2D eigenvalue weighted by Gasteiger charge is 2.02. The Hall–Kier alpha value is -1.49. The van der Waals surface area contributed by atoms with Gasteiger partial charge in [0.1, 0.15) is 17.5 Å². The minimum absolute atomic E-state index is 0.876. The average molecular weight is 176 g/mol. The summed E-state index contributed by atoms with van der Waals surface area (Å²) in [6.45, 7) is 0.